The van der Waals surface area contributed by atoms with E-state index in [-0.39, 0.29) is 0 Å². The molecule has 1 amide bonds. The fraction of sp³-hybridized carbons (Fsp3) is 0.529. The number of primary amides is 1. The maximum Gasteiger partial charge on any atom is 0.248 e. The number of aliphatic imine (C=N–C) groups is 1. The predicted molar refractivity (Wildman–Crippen MR) is 91.8 cm³/mol. The van der Waals surface area contributed by atoms with Crippen LogP contribution in [0.2, 0.25) is 0 Å². The largest absolute Gasteiger partial charge is 0.366 e. The quantitative estimate of drug-likeness (QED) is 0.534. The highest BCUT2D eigenvalue weighted by Gasteiger charge is 2.07. The first-order valence-electron chi connectivity index (χ1n) is 7.78. The van der Waals surface area contributed by atoms with Crippen LogP contribution in [0.25, 0.3) is 0 Å². The number of benzene rings is 1. The fourth-order valence-corrected chi connectivity index (χ4v) is 2.10. The van der Waals surface area contributed by atoms with E-state index in [2.05, 4.69) is 36.4 Å². The van der Waals surface area contributed by atoms with E-state index >= 15 is 0 Å². The van der Waals surface area contributed by atoms with Gasteiger partial charge in [-0.25, -0.2) is 0 Å². The fourth-order valence-electron chi connectivity index (χ4n) is 2.10. The number of nitrogens with zero attached hydrogens (tertiary/aromatic N) is 1. The van der Waals surface area contributed by atoms with Gasteiger partial charge in [-0.05, 0) is 43.4 Å². The zero-order chi connectivity index (χ0) is 16.5. The Bertz CT molecular complexity index is 511. The SMILES string of the molecule is CN=C(NCc1cccc(C(N)=O)c1)NC(C)CCC(C)C. The number of amides is 1. The van der Waals surface area contributed by atoms with E-state index in [0.29, 0.717) is 24.1 Å². The summed E-state index contributed by atoms with van der Waals surface area (Å²) in [5.74, 6) is 1.06. The molecule has 1 rings (SSSR count). The molecule has 0 fully saturated rings. The lowest BCUT2D eigenvalue weighted by molar-refractivity contribution is 0.1000. The van der Waals surface area contributed by atoms with E-state index in [0.717, 1.165) is 17.9 Å². The standard InChI is InChI=1S/C17H28N4O/c1-12(2)8-9-13(3)21-17(19-4)20-11-14-6-5-7-15(10-14)16(18)22/h5-7,10,12-13H,8-9,11H2,1-4H3,(H2,18,22)(H2,19,20,21). The minimum absolute atomic E-state index is 0.366. The van der Waals surface area contributed by atoms with E-state index in [1.807, 2.05) is 12.1 Å². The second-order valence-corrected chi connectivity index (χ2v) is 6.01. The second kappa shape index (κ2) is 9.07. The molecule has 0 aliphatic carbocycles. The highest BCUT2D eigenvalue weighted by atomic mass is 16.1. The summed E-state index contributed by atoms with van der Waals surface area (Å²) in [7, 11) is 1.75. The number of hydrogen-bond acceptors (Lipinski definition) is 2. The van der Waals surface area contributed by atoms with E-state index in [1.54, 1.807) is 19.2 Å². The summed E-state index contributed by atoms with van der Waals surface area (Å²) in [5, 5.41) is 6.63. The molecule has 0 radical (unpaired) electrons. The summed E-state index contributed by atoms with van der Waals surface area (Å²) in [5.41, 5.74) is 6.81. The van der Waals surface area contributed by atoms with Crippen molar-refractivity contribution in [1.82, 2.24) is 10.6 Å². The monoisotopic (exact) mass is 304 g/mol. The van der Waals surface area contributed by atoms with E-state index in [4.69, 9.17) is 5.73 Å². The Labute approximate surface area is 133 Å². The topological polar surface area (TPSA) is 79.5 Å². The summed E-state index contributed by atoms with van der Waals surface area (Å²) in [4.78, 5) is 15.4. The van der Waals surface area contributed by atoms with Crippen LogP contribution in [0.15, 0.2) is 29.3 Å². The zero-order valence-electron chi connectivity index (χ0n) is 14.0. The van der Waals surface area contributed by atoms with Gasteiger partial charge in [0.05, 0.1) is 0 Å². The third-order valence-corrected chi connectivity index (χ3v) is 3.46. The molecule has 0 aliphatic rings. The Kier molecular flexibility index (Phi) is 7.43. The van der Waals surface area contributed by atoms with Crippen molar-refractivity contribution in [2.24, 2.45) is 16.6 Å². The molecular weight excluding hydrogens is 276 g/mol. The molecule has 1 atom stereocenters. The number of rotatable bonds is 7. The van der Waals surface area contributed by atoms with Crippen LogP contribution in [0, 0.1) is 5.92 Å². The van der Waals surface area contributed by atoms with Crippen molar-refractivity contribution < 1.29 is 4.79 Å². The molecule has 1 aromatic rings. The minimum Gasteiger partial charge on any atom is -0.366 e. The average Bonchev–Trinajstić information content (AvgIpc) is 2.49. The Morgan fingerprint density at radius 2 is 2.00 bits per heavy atom. The number of nitrogens with two attached hydrogens (primary N) is 1. The maximum absolute atomic E-state index is 11.2. The number of hydrogen-bond donors (Lipinski definition) is 3. The molecule has 0 spiro atoms. The maximum atomic E-state index is 11.2. The van der Waals surface area contributed by atoms with Crippen LogP contribution in [-0.4, -0.2) is 25.0 Å². The van der Waals surface area contributed by atoms with Crippen LogP contribution in [-0.2, 0) is 6.54 Å². The highest BCUT2D eigenvalue weighted by molar-refractivity contribution is 5.92. The van der Waals surface area contributed by atoms with Gasteiger partial charge in [0.2, 0.25) is 5.91 Å². The Morgan fingerprint density at radius 1 is 1.27 bits per heavy atom. The van der Waals surface area contributed by atoms with Crippen molar-refractivity contribution in [2.45, 2.75) is 46.2 Å². The van der Waals surface area contributed by atoms with Crippen LogP contribution in [0.5, 0.6) is 0 Å². The van der Waals surface area contributed by atoms with Gasteiger partial charge in [0.25, 0.3) is 0 Å². The van der Waals surface area contributed by atoms with Gasteiger partial charge >= 0.3 is 0 Å². The van der Waals surface area contributed by atoms with E-state index in [9.17, 15) is 4.79 Å². The molecular formula is C17H28N4O. The minimum atomic E-state index is -0.410. The third kappa shape index (κ3) is 6.61. The summed E-state index contributed by atoms with van der Waals surface area (Å²) >= 11 is 0. The Balaban J connectivity index is 2.50. The predicted octanol–water partition coefficient (Wildman–Crippen LogP) is 2.28. The summed E-state index contributed by atoms with van der Waals surface area (Å²) in [6.07, 6.45) is 2.29. The van der Waals surface area contributed by atoms with Gasteiger partial charge in [0.15, 0.2) is 5.96 Å². The Hall–Kier alpha value is -2.04. The first-order valence-corrected chi connectivity index (χ1v) is 7.78. The first-order chi connectivity index (χ1) is 10.4. The van der Waals surface area contributed by atoms with E-state index in [1.165, 1.54) is 6.42 Å². The second-order valence-electron chi connectivity index (χ2n) is 6.01. The molecule has 0 bridgehead atoms. The molecule has 22 heavy (non-hydrogen) atoms. The van der Waals surface area contributed by atoms with Crippen molar-refractivity contribution in [3.63, 3.8) is 0 Å². The lowest BCUT2D eigenvalue weighted by Crippen LogP contribution is -2.41. The molecule has 0 heterocycles. The van der Waals surface area contributed by atoms with Crippen molar-refractivity contribution in [3.05, 3.63) is 35.4 Å². The summed E-state index contributed by atoms with van der Waals surface area (Å²) in [6, 6.07) is 7.66. The highest BCUT2D eigenvalue weighted by Crippen LogP contribution is 2.07. The normalized spacial score (nSPS) is 13.0. The molecule has 5 heteroatoms. The van der Waals surface area contributed by atoms with Crippen molar-refractivity contribution in [2.75, 3.05) is 7.05 Å². The zero-order valence-corrected chi connectivity index (χ0v) is 14.0. The molecule has 1 unspecified atom stereocenters. The summed E-state index contributed by atoms with van der Waals surface area (Å²) < 4.78 is 0. The van der Waals surface area contributed by atoms with Gasteiger partial charge in [0, 0.05) is 25.2 Å². The van der Waals surface area contributed by atoms with Gasteiger partial charge in [-0.1, -0.05) is 26.0 Å². The van der Waals surface area contributed by atoms with Crippen LogP contribution in [0.4, 0.5) is 0 Å². The number of carbonyl (C=O) groups excluding carboxylic acids is 1. The third-order valence-electron chi connectivity index (χ3n) is 3.46. The molecule has 122 valence electrons. The smallest absolute Gasteiger partial charge is 0.248 e. The van der Waals surface area contributed by atoms with Gasteiger partial charge in [-0.3, -0.25) is 9.79 Å². The Morgan fingerprint density at radius 3 is 2.59 bits per heavy atom. The van der Waals surface area contributed by atoms with Crippen molar-refractivity contribution >= 4 is 11.9 Å². The molecule has 0 aliphatic heterocycles. The molecule has 0 saturated heterocycles. The molecule has 0 aromatic heterocycles. The molecule has 0 saturated carbocycles. The molecule has 4 N–H and O–H groups in total. The van der Waals surface area contributed by atoms with Crippen LogP contribution in [0.3, 0.4) is 0 Å². The number of nitrogens with one attached hydrogen (secondary N) is 2. The van der Waals surface area contributed by atoms with Gasteiger partial charge in [0.1, 0.15) is 0 Å². The lowest BCUT2D eigenvalue weighted by atomic mass is 10.0. The lowest BCUT2D eigenvalue weighted by Gasteiger charge is -2.18. The molecule has 5 nitrogen and oxygen atoms in total. The molecule has 1 aromatic carbocycles. The van der Waals surface area contributed by atoms with Crippen LogP contribution >= 0.6 is 0 Å². The van der Waals surface area contributed by atoms with Crippen LogP contribution in [0.1, 0.15) is 49.5 Å². The van der Waals surface area contributed by atoms with Crippen molar-refractivity contribution in [1.29, 1.82) is 0 Å². The first kappa shape index (κ1) is 18.0. The van der Waals surface area contributed by atoms with Gasteiger partial charge in [-0.2, -0.15) is 0 Å². The van der Waals surface area contributed by atoms with E-state index < -0.39 is 5.91 Å². The van der Waals surface area contributed by atoms with Crippen LogP contribution < -0.4 is 16.4 Å². The van der Waals surface area contributed by atoms with Crippen molar-refractivity contribution in [3.8, 4) is 0 Å². The summed E-state index contributed by atoms with van der Waals surface area (Å²) in [6.45, 7) is 7.21. The van der Waals surface area contributed by atoms with Gasteiger partial charge in [-0.15, -0.1) is 0 Å². The van der Waals surface area contributed by atoms with Gasteiger partial charge < -0.3 is 16.4 Å². The average molecular weight is 304 g/mol. The number of guanidine groups is 1. The number of carbonyl (C=O) groups is 1.